The number of nitrogens with one attached hydrogen (secondary N) is 1. The van der Waals surface area contributed by atoms with Gasteiger partial charge in [-0.15, -0.1) is 0 Å². The Morgan fingerprint density at radius 1 is 1.00 bits per heavy atom. The second-order valence-electron chi connectivity index (χ2n) is 5.86. The molecule has 1 atom stereocenters. The van der Waals surface area contributed by atoms with Gasteiger partial charge in [-0.3, -0.25) is 0 Å². The Morgan fingerprint density at radius 3 is 2.55 bits per heavy atom. The van der Waals surface area contributed by atoms with E-state index in [4.69, 9.17) is 0 Å². The lowest BCUT2D eigenvalue weighted by molar-refractivity contribution is 0.503. The fourth-order valence-electron chi connectivity index (χ4n) is 3.42. The number of rotatable bonds is 4. The molecule has 2 aromatic rings. The molecule has 1 N–H and O–H groups in total. The van der Waals surface area contributed by atoms with E-state index in [9.17, 15) is 8.78 Å². The molecule has 0 fully saturated rings. The third-order valence-corrected chi connectivity index (χ3v) is 4.51. The van der Waals surface area contributed by atoms with E-state index in [0.29, 0.717) is 0 Å². The molecule has 1 nitrogen and oxygen atoms in total. The van der Waals surface area contributed by atoms with Crippen molar-refractivity contribution in [1.82, 2.24) is 5.32 Å². The molecule has 22 heavy (non-hydrogen) atoms. The van der Waals surface area contributed by atoms with Gasteiger partial charge in [0.05, 0.1) is 0 Å². The van der Waals surface area contributed by atoms with Crippen LogP contribution in [-0.2, 0) is 12.8 Å². The molecule has 0 radical (unpaired) electrons. The largest absolute Gasteiger partial charge is 0.317 e. The first kappa shape index (κ1) is 15.2. The topological polar surface area (TPSA) is 12.0 Å². The van der Waals surface area contributed by atoms with E-state index in [2.05, 4.69) is 24.4 Å². The summed E-state index contributed by atoms with van der Waals surface area (Å²) in [5, 5.41) is 3.34. The molecule has 1 aliphatic rings. The highest BCUT2D eigenvalue weighted by molar-refractivity contribution is 5.45. The van der Waals surface area contributed by atoms with Crippen LogP contribution < -0.4 is 5.32 Å². The molecule has 3 heteroatoms. The van der Waals surface area contributed by atoms with Gasteiger partial charge >= 0.3 is 0 Å². The average molecular weight is 301 g/mol. The van der Waals surface area contributed by atoms with Crippen LogP contribution in [0.25, 0.3) is 0 Å². The summed E-state index contributed by atoms with van der Waals surface area (Å²) in [5.41, 5.74) is 4.43. The van der Waals surface area contributed by atoms with E-state index in [-0.39, 0.29) is 5.92 Å². The lowest BCUT2D eigenvalue weighted by atomic mass is 9.85. The molecule has 0 amide bonds. The van der Waals surface area contributed by atoms with E-state index < -0.39 is 11.6 Å². The predicted octanol–water partition coefficient (Wildman–Crippen LogP) is 4.19. The summed E-state index contributed by atoms with van der Waals surface area (Å²) in [5.74, 6) is -1.36. The maximum Gasteiger partial charge on any atom is 0.159 e. The maximum atomic E-state index is 13.8. The summed E-state index contributed by atoms with van der Waals surface area (Å²) < 4.78 is 27.4. The number of aryl methyl sites for hydroxylation is 2. The van der Waals surface area contributed by atoms with E-state index in [1.165, 1.54) is 23.3 Å². The highest BCUT2D eigenvalue weighted by Crippen LogP contribution is 2.37. The van der Waals surface area contributed by atoms with Gasteiger partial charge in [0, 0.05) is 5.92 Å². The van der Waals surface area contributed by atoms with Gasteiger partial charge in [0.1, 0.15) is 0 Å². The molecule has 0 heterocycles. The standard InChI is InChI=1S/C19H21F2N/c1-2-22-10-9-16-15-6-4-3-5-13(15)7-8-14-11-18(20)19(21)12-17(14)16/h3-6,11-12,16,22H,2,7-10H2,1H3. The summed E-state index contributed by atoms with van der Waals surface area (Å²) in [7, 11) is 0. The number of fused-ring (bicyclic) bond motifs is 2. The van der Waals surface area contributed by atoms with Crippen molar-refractivity contribution in [3.05, 3.63) is 70.3 Å². The minimum absolute atomic E-state index is 0.128. The van der Waals surface area contributed by atoms with E-state index in [1.54, 1.807) is 0 Å². The molecule has 0 spiro atoms. The van der Waals surface area contributed by atoms with Crippen molar-refractivity contribution < 1.29 is 8.78 Å². The summed E-state index contributed by atoms with van der Waals surface area (Å²) in [6.45, 7) is 3.86. The van der Waals surface area contributed by atoms with Crippen LogP contribution in [0.2, 0.25) is 0 Å². The van der Waals surface area contributed by atoms with Crippen molar-refractivity contribution in [1.29, 1.82) is 0 Å². The molecule has 116 valence electrons. The van der Waals surface area contributed by atoms with Gasteiger partial charge in [-0.1, -0.05) is 31.2 Å². The van der Waals surface area contributed by atoms with Crippen molar-refractivity contribution in [3.63, 3.8) is 0 Å². The molecular formula is C19H21F2N. The quantitative estimate of drug-likeness (QED) is 0.835. The maximum absolute atomic E-state index is 13.8. The number of halogens is 2. The van der Waals surface area contributed by atoms with Gasteiger partial charge < -0.3 is 5.32 Å². The first-order chi connectivity index (χ1) is 10.7. The van der Waals surface area contributed by atoms with Crippen LogP contribution in [0.5, 0.6) is 0 Å². The van der Waals surface area contributed by atoms with E-state index in [0.717, 1.165) is 43.5 Å². The monoisotopic (exact) mass is 301 g/mol. The van der Waals surface area contributed by atoms with Crippen molar-refractivity contribution in [3.8, 4) is 0 Å². The summed E-state index contributed by atoms with van der Waals surface area (Å²) in [4.78, 5) is 0. The van der Waals surface area contributed by atoms with Crippen LogP contribution in [0.3, 0.4) is 0 Å². The summed E-state index contributed by atoms with van der Waals surface area (Å²) >= 11 is 0. The fourth-order valence-corrected chi connectivity index (χ4v) is 3.42. The molecule has 2 aromatic carbocycles. The molecule has 0 bridgehead atoms. The van der Waals surface area contributed by atoms with Crippen LogP contribution >= 0.6 is 0 Å². The van der Waals surface area contributed by atoms with Crippen molar-refractivity contribution in [2.45, 2.75) is 32.1 Å². The fraction of sp³-hybridized carbons (Fsp3) is 0.368. The second-order valence-corrected chi connectivity index (χ2v) is 5.86. The zero-order valence-electron chi connectivity index (χ0n) is 12.8. The van der Waals surface area contributed by atoms with Crippen molar-refractivity contribution in [2.24, 2.45) is 0 Å². The average Bonchev–Trinajstić information content (AvgIpc) is 2.67. The minimum atomic E-state index is -0.744. The van der Waals surface area contributed by atoms with Crippen LogP contribution in [0.1, 0.15) is 41.5 Å². The lowest BCUT2D eigenvalue weighted by Gasteiger charge is -2.21. The Kier molecular flexibility index (Phi) is 4.53. The Hall–Kier alpha value is -1.74. The third-order valence-electron chi connectivity index (χ3n) is 4.51. The molecule has 0 aliphatic heterocycles. The van der Waals surface area contributed by atoms with Gasteiger partial charge in [0.15, 0.2) is 11.6 Å². The summed E-state index contributed by atoms with van der Waals surface area (Å²) in [6, 6.07) is 11.1. The van der Waals surface area contributed by atoms with Gasteiger partial charge in [-0.25, -0.2) is 8.78 Å². The molecule has 0 saturated carbocycles. The van der Waals surface area contributed by atoms with E-state index >= 15 is 0 Å². The zero-order chi connectivity index (χ0) is 15.5. The Morgan fingerprint density at radius 2 is 1.73 bits per heavy atom. The molecule has 1 aliphatic carbocycles. The zero-order valence-corrected chi connectivity index (χ0v) is 12.8. The normalized spacial score (nSPS) is 16.8. The summed E-state index contributed by atoms with van der Waals surface area (Å²) in [6.07, 6.45) is 2.54. The lowest BCUT2D eigenvalue weighted by Crippen LogP contribution is -2.18. The van der Waals surface area contributed by atoms with Crippen LogP contribution in [0.4, 0.5) is 8.78 Å². The van der Waals surface area contributed by atoms with Crippen LogP contribution in [-0.4, -0.2) is 13.1 Å². The number of hydrogen-bond acceptors (Lipinski definition) is 1. The van der Waals surface area contributed by atoms with E-state index in [1.807, 2.05) is 12.1 Å². The molecule has 3 rings (SSSR count). The second kappa shape index (κ2) is 6.57. The molecule has 0 saturated heterocycles. The van der Waals surface area contributed by atoms with Gasteiger partial charge in [0.2, 0.25) is 0 Å². The minimum Gasteiger partial charge on any atom is -0.317 e. The SMILES string of the molecule is CCNCCC1c2ccccc2CCc2cc(F)c(F)cc21. The van der Waals surface area contributed by atoms with Crippen molar-refractivity contribution in [2.75, 3.05) is 13.1 Å². The highest BCUT2D eigenvalue weighted by atomic mass is 19.2. The first-order valence-electron chi connectivity index (χ1n) is 7.97. The van der Waals surface area contributed by atoms with Crippen LogP contribution in [0, 0.1) is 11.6 Å². The number of hydrogen-bond donors (Lipinski definition) is 1. The predicted molar refractivity (Wildman–Crippen MR) is 85.2 cm³/mol. The molecular weight excluding hydrogens is 280 g/mol. The smallest absolute Gasteiger partial charge is 0.159 e. The molecule has 1 unspecified atom stereocenters. The Bertz CT molecular complexity index is 666. The third kappa shape index (κ3) is 2.91. The van der Waals surface area contributed by atoms with Crippen LogP contribution in [0.15, 0.2) is 36.4 Å². The van der Waals surface area contributed by atoms with Gasteiger partial charge in [0.25, 0.3) is 0 Å². The Labute approximate surface area is 130 Å². The van der Waals surface area contributed by atoms with Gasteiger partial charge in [-0.2, -0.15) is 0 Å². The van der Waals surface area contributed by atoms with Crippen molar-refractivity contribution >= 4 is 0 Å². The highest BCUT2D eigenvalue weighted by Gasteiger charge is 2.24. The van der Waals surface area contributed by atoms with Gasteiger partial charge in [-0.05, 0) is 66.7 Å². The Balaban J connectivity index is 2.06. The molecule has 0 aromatic heterocycles. The number of benzene rings is 2. The first-order valence-corrected chi connectivity index (χ1v) is 7.97.